The highest BCUT2D eigenvalue weighted by atomic mass is 16.5. The van der Waals surface area contributed by atoms with Gasteiger partial charge in [-0.05, 0) is 63.1 Å². The number of nitrogens with one attached hydrogen (secondary N) is 1. The maximum absolute atomic E-state index is 5.57. The predicted molar refractivity (Wildman–Crippen MR) is 115 cm³/mol. The number of piperazine rings is 1. The van der Waals surface area contributed by atoms with E-state index < -0.39 is 0 Å². The molecule has 7 nitrogen and oxygen atoms in total. The van der Waals surface area contributed by atoms with E-state index in [1.807, 2.05) is 4.52 Å². The Bertz CT molecular complexity index is 801. The molecule has 3 fully saturated rings. The molecule has 2 aromatic heterocycles. The molecule has 0 unspecified atom stereocenters. The average Bonchev–Trinajstić information content (AvgIpc) is 3.21. The third-order valence-corrected chi connectivity index (χ3v) is 7.24. The molecule has 29 heavy (non-hydrogen) atoms. The van der Waals surface area contributed by atoms with Crippen molar-refractivity contribution in [1.82, 2.24) is 24.4 Å². The Hall–Kier alpha value is -1.70. The molecule has 0 radical (unpaired) electrons. The van der Waals surface area contributed by atoms with Gasteiger partial charge in [0.05, 0.1) is 0 Å². The molecule has 7 heteroatoms. The van der Waals surface area contributed by atoms with Crippen LogP contribution in [0, 0.1) is 0 Å². The first kappa shape index (κ1) is 19.3. The molecule has 2 saturated heterocycles. The summed E-state index contributed by atoms with van der Waals surface area (Å²) in [6, 6.07) is 3.50. The molecule has 0 atom stereocenters. The molecular weight excluding hydrogens is 364 g/mol. The largest absolute Gasteiger partial charge is 0.381 e. The lowest BCUT2D eigenvalue weighted by Gasteiger charge is -2.41. The van der Waals surface area contributed by atoms with E-state index in [9.17, 15) is 0 Å². The van der Waals surface area contributed by atoms with Crippen LogP contribution in [0.15, 0.2) is 18.6 Å². The maximum Gasteiger partial charge on any atom is 0.154 e. The molecule has 0 spiro atoms. The highest BCUT2D eigenvalue weighted by molar-refractivity contribution is 5.73. The Balaban J connectivity index is 1.26. The third kappa shape index (κ3) is 4.13. The first-order valence-corrected chi connectivity index (χ1v) is 11.4. The molecular formula is C22H34N6O. The average molecular weight is 399 g/mol. The lowest BCUT2D eigenvalue weighted by Crippen LogP contribution is -2.50. The van der Waals surface area contributed by atoms with Gasteiger partial charge in [-0.2, -0.15) is 5.10 Å². The summed E-state index contributed by atoms with van der Waals surface area (Å²) in [4.78, 5) is 9.82. The quantitative estimate of drug-likeness (QED) is 0.854. The molecule has 5 rings (SSSR count). The zero-order valence-electron chi connectivity index (χ0n) is 17.6. The SMILES string of the molecule is CN1CCN([C@H]2CC[C@@H](Nc3ncnn4ccc(C5CCOCC5)c34)CC2)CC1. The number of likely N-dealkylation sites (N-methyl/N-ethyl adjacent to an activating group) is 1. The van der Waals surface area contributed by atoms with E-state index in [-0.39, 0.29) is 0 Å². The maximum atomic E-state index is 5.57. The van der Waals surface area contributed by atoms with E-state index in [2.05, 4.69) is 44.5 Å². The summed E-state index contributed by atoms with van der Waals surface area (Å²) < 4.78 is 7.56. The van der Waals surface area contributed by atoms with Crippen LogP contribution in [0.2, 0.25) is 0 Å². The Kier molecular flexibility index (Phi) is 5.70. The minimum absolute atomic E-state index is 0.509. The highest BCUT2D eigenvalue weighted by Crippen LogP contribution is 2.34. The van der Waals surface area contributed by atoms with Gasteiger partial charge in [0.1, 0.15) is 11.8 Å². The van der Waals surface area contributed by atoms with Crippen molar-refractivity contribution in [2.45, 2.75) is 56.5 Å². The minimum Gasteiger partial charge on any atom is -0.381 e. The van der Waals surface area contributed by atoms with Gasteiger partial charge in [0.15, 0.2) is 5.82 Å². The van der Waals surface area contributed by atoms with Crippen molar-refractivity contribution in [3.05, 3.63) is 24.2 Å². The Morgan fingerprint density at radius 2 is 1.76 bits per heavy atom. The van der Waals surface area contributed by atoms with Crippen molar-refractivity contribution in [3.8, 4) is 0 Å². The van der Waals surface area contributed by atoms with Crippen LogP contribution in [-0.4, -0.2) is 82.9 Å². The van der Waals surface area contributed by atoms with E-state index in [1.54, 1.807) is 6.33 Å². The molecule has 3 aliphatic rings. The molecule has 158 valence electrons. The molecule has 1 aliphatic carbocycles. The van der Waals surface area contributed by atoms with Crippen LogP contribution in [0.3, 0.4) is 0 Å². The summed E-state index contributed by atoms with van der Waals surface area (Å²) in [7, 11) is 2.23. The van der Waals surface area contributed by atoms with Gasteiger partial charge < -0.3 is 15.0 Å². The highest BCUT2D eigenvalue weighted by Gasteiger charge is 2.28. The van der Waals surface area contributed by atoms with Crippen LogP contribution in [-0.2, 0) is 4.74 Å². The fraction of sp³-hybridized carbons (Fsp3) is 0.727. The van der Waals surface area contributed by atoms with Crippen molar-refractivity contribution >= 4 is 11.3 Å². The molecule has 1 saturated carbocycles. The Morgan fingerprint density at radius 1 is 1.00 bits per heavy atom. The summed E-state index contributed by atoms with van der Waals surface area (Å²) in [6.07, 6.45) is 11.0. The van der Waals surface area contributed by atoms with E-state index in [1.165, 1.54) is 62.9 Å². The topological polar surface area (TPSA) is 57.9 Å². The van der Waals surface area contributed by atoms with Crippen LogP contribution in [0.4, 0.5) is 5.82 Å². The zero-order chi connectivity index (χ0) is 19.6. The van der Waals surface area contributed by atoms with Gasteiger partial charge in [0.25, 0.3) is 0 Å². The second-order valence-corrected chi connectivity index (χ2v) is 9.05. The fourth-order valence-electron chi connectivity index (χ4n) is 5.39. The molecule has 0 bridgehead atoms. The van der Waals surface area contributed by atoms with Crippen LogP contribution in [0.25, 0.3) is 5.52 Å². The number of hydrogen-bond acceptors (Lipinski definition) is 6. The molecule has 1 N–H and O–H groups in total. The Morgan fingerprint density at radius 3 is 2.52 bits per heavy atom. The second kappa shape index (κ2) is 8.58. The second-order valence-electron chi connectivity index (χ2n) is 9.05. The van der Waals surface area contributed by atoms with Gasteiger partial charge in [0, 0.05) is 57.7 Å². The number of hydrogen-bond donors (Lipinski definition) is 1. The van der Waals surface area contributed by atoms with Crippen molar-refractivity contribution < 1.29 is 4.74 Å². The normalized spacial score (nSPS) is 28.0. The molecule has 4 heterocycles. The van der Waals surface area contributed by atoms with E-state index >= 15 is 0 Å². The van der Waals surface area contributed by atoms with E-state index in [0.717, 1.165) is 37.9 Å². The van der Waals surface area contributed by atoms with Crippen LogP contribution in [0.1, 0.15) is 50.0 Å². The number of anilines is 1. The summed E-state index contributed by atoms with van der Waals surface area (Å²) in [5.74, 6) is 1.56. The minimum atomic E-state index is 0.509. The standard InChI is InChI=1S/C22H34N6O/c1-26-10-12-27(13-11-26)19-4-2-18(3-5-19)25-22-21-20(17-7-14-29-15-8-17)6-9-28(21)24-16-23-22/h6,9,16-19H,2-5,7-8,10-15H2,1H3,(H,23,24,25)/t18-,19+. The zero-order valence-corrected chi connectivity index (χ0v) is 17.6. The molecule has 0 aromatic carbocycles. The first-order valence-electron chi connectivity index (χ1n) is 11.4. The Labute approximate surface area is 173 Å². The third-order valence-electron chi connectivity index (χ3n) is 7.24. The van der Waals surface area contributed by atoms with Gasteiger partial charge in [-0.3, -0.25) is 4.90 Å². The number of fused-ring (bicyclic) bond motifs is 1. The summed E-state index contributed by atoms with van der Waals surface area (Å²) in [6.45, 7) is 6.58. The fourth-order valence-corrected chi connectivity index (χ4v) is 5.39. The molecule has 2 aromatic rings. The van der Waals surface area contributed by atoms with Crippen LogP contribution in [0.5, 0.6) is 0 Å². The monoisotopic (exact) mass is 398 g/mol. The number of aromatic nitrogens is 3. The van der Waals surface area contributed by atoms with Crippen molar-refractivity contribution in [1.29, 1.82) is 0 Å². The summed E-state index contributed by atoms with van der Waals surface area (Å²) >= 11 is 0. The number of nitrogens with zero attached hydrogens (tertiary/aromatic N) is 5. The van der Waals surface area contributed by atoms with Crippen molar-refractivity contribution in [3.63, 3.8) is 0 Å². The molecule has 2 aliphatic heterocycles. The lowest BCUT2D eigenvalue weighted by molar-refractivity contribution is 0.0856. The summed E-state index contributed by atoms with van der Waals surface area (Å²) in [5, 5.41) is 8.24. The molecule has 0 amide bonds. The van der Waals surface area contributed by atoms with E-state index in [4.69, 9.17) is 4.74 Å². The van der Waals surface area contributed by atoms with Crippen LogP contribution >= 0.6 is 0 Å². The van der Waals surface area contributed by atoms with Gasteiger partial charge >= 0.3 is 0 Å². The van der Waals surface area contributed by atoms with Crippen molar-refractivity contribution in [2.24, 2.45) is 0 Å². The number of ether oxygens (including phenoxy) is 1. The van der Waals surface area contributed by atoms with E-state index in [0.29, 0.717) is 12.0 Å². The van der Waals surface area contributed by atoms with Crippen LogP contribution < -0.4 is 5.32 Å². The predicted octanol–water partition coefficient (Wildman–Crippen LogP) is 2.59. The van der Waals surface area contributed by atoms with Gasteiger partial charge in [0.2, 0.25) is 0 Å². The number of rotatable bonds is 4. The first-order chi connectivity index (χ1) is 14.3. The van der Waals surface area contributed by atoms with Crippen molar-refractivity contribution in [2.75, 3.05) is 51.8 Å². The summed E-state index contributed by atoms with van der Waals surface area (Å²) in [5.41, 5.74) is 2.54. The lowest BCUT2D eigenvalue weighted by atomic mass is 9.89. The van der Waals surface area contributed by atoms with Gasteiger partial charge in [-0.25, -0.2) is 9.50 Å². The van der Waals surface area contributed by atoms with Gasteiger partial charge in [-0.15, -0.1) is 0 Å². The van der Waals surface area contributed by atoms with Gasteiger partial charge in [-0.1, -0.05) is 0 Å². The smallest absolute Gasteiger partial charge is 0.154 e.